The Morgan fingerprint density at radius 1 is 0.850 bits per heavy atom. The fraction of sp³-hybridized carbons (Fsp3) is 0.733. The molecule has 0 amide bonds. The molecule has 0 bridgehead atoms. The summed E-state index contributed by atoms with van der Waals surface area (Å²) in [5, 5.41) is 0. The Hall–Kier alpha value is -0.650. The minimum Gasteiger partial charge on any atom is -0.496 e. The second-order valence-electron chi connectivity index (χ2n) is 4.45. The molecule has 0 rings (SSSR count). The standard InChI is InChI=1S/C15H28O4S/c1-4-7-14(2)18-13-12-17-11-10-16-9-6-5-8-15(3)19-20/h20H,2-13H2,1H3. The van der Waals surface area contributed by atoms with Crippen LogP contribution in [-0.2, 0) is 18.4 Å². The van der Waals surface area contributed by atoms with E-state index >= 15 is 0 Å². The van der Waals surface area contributed by atoms with Crippen molar-refractivity contribution in [1.82, 2.24) is 0 Å². The Balaban J connectivity index is 3.10. The molecule has 0 aliphatic heterocycles. The van der Waals surface area contributed by atoms with Crippen molar-refractivity contribution in [2.45, 2.75) is 39.0 Å². The first-order chi connectivity index (χ1) is 9.70. The lowest BCUT2D eigenvalue weighted by Gasteiger charge is -2.09. The Morgan fingerprint density at radius 2 is 1.50 bits per heavy atom. The predicted octanol–water partition coefficient (Wildman–Crippen LogP) is 3.90. The maximum absolute atomic E-state index is 5.44. The Bertz CT molecular complexity index is 256. The second kappa shape index (κ2) is 14.8. The van der Waals surface area contributed by atoms with Gasteiger partial charge < -0.3 is 18.4 Å². The monoisotopic (exact) mass is 304 g/mol. The number of hydrogen-bond donors (Lipinski definition) is 1. The molecule has 0 aromatic heterocycles. The van der Waals surface area contributed by atoms with E-state index in [-0.39, 0.29) is 0 Å². The van der Waals surface area contributed by atoms with Gasteiger partial charge in [-0.3, -0.25) is 0 Å². The van der Waals surface area contributed by atoms with Crippen LogP contribution in [0, 0.1) is 0 Å². The molecule has 5 heteroatoms. The smallest absolute Gasteiger partial charge is 0.111 e. The zero-order valence-electron chi connectivity index (χ0n) is 12.6. The maximum Gasteiger partial charge on any atom is 0.111 e. The molecular weight excluding hydrogens is 276 g/mol. The summed E-state index contributed by atoms with van der Waals surface area (Å²) in [6, 6.07) is 0. The van der Waals surface area contributed by atoms with E-state index in [1.807, 2.05) is 0 Å². The minimum atomic E-state index is 0.560. The van der Waals surface area contributed by atoms with Crippen molar-refractivity contribution in [3.05, 3.63) is 24.7 Å². The third-order valence-electron chi connectivity index (χ3n) is 2.56. The van der Waals surface area contributed by atoms with Gasteiger partial charge in [0.15, 0.2) is 0 Å². The topological polar surface area (TPSA) is 36.9 Å². The zero-order chi connectivity index (χ0) is 15.1. The molecule has 0 saturated heterocycles. The van der Waals surface area contributed by atoms with Crippen molar-refractivity contribution < 1.29 is 18.4 Å². The molecule has 0 fully saturated rings. The molecule has 0 N–H and O–H groups in total. The summed E-state index contributed by atoms with van der Waals surface area (Å²) < 4.78 is 20.9. The van der Waals surface area contributed by atoms with Gasteiger partial charge in [-0.05, 0) is 19.3 Å². The van der Waals surface area contributed by atoms with Crippen molar-refractivity contribution in [3.8, 4) is 0 Å². The van der Waals surface area contributed by atoms with Gasteiger partial charge in [-0.2, -0.15) is 0 Å². The van der Waals surface area contributed by atoms with E-state index < -0.39 is 0 Å². The fourth-order valence-electron chi connectivity index (χ4n) is 1.49. The van der Waals surface area contributed by atoms with Crippen LogP contribution in [0.5, 0.6) is 0 Å². The van der Waals surface area contributed by atoms with Crippen molar-refractivity contribution in [3.63, 3.8) is 0 Å². The first kappa shape index (κ1) is 19.4. The van der Waals surface area contributed by atoms with Crippen LogP contribution in [0.4, 0.5) is 0 Å². The molecule has 0 atom stereocenters. The van der Waals surface area contributed by atoms with Crippen LogP contribution in [0.1, 0.15) is 39.0 Å². The molecule has 4 nitrogen and oxygen atoms in total. The largest absolute Gasteiger partial charge is 0.496 e. The van der Waals surface area contributed by atoms with Gasteiger partial charge in [0, 0.05) is 32.4 Å². The Kier molecular flexibility index (Phi) is 14.3. The van der Waals surface area contributed by atoms with E-state index in [4.69, 9.17) is 14.2 Å². The number of unbranched alkanes of at least 4 members (excludes halogenated alkanes) is 1. The van der Waals surface area contributed by atoms with Gasteiger partial charge in [0.05, 0.1) is 25.6 Å². The van der Waals surface area contributed by atoms with Crippen LogP contribution >= 0.6 is 12.9 Å². The SMILES string of the molecule is C=C(CCCCOCCOCCOC(=C)CCC)OS. The summed E-state index contributed by atoms with van der Waals surface area (Å²) in [7, 11) is 0. The summed E-state index contributed by atoms with van der Waals surface area (Å²) in [6.45, 7) is 12.7. The van der Waals surface area contributed by atoms with Gasteiger partial charge in [0.25, 0.3) is 0 Å². The van der Waals surface area contributed by atoms with Crippen LogP contribution in [0.2, 0.25) is 0 Å². The Labute approximate surface area is 128 Å². The highest BCUT2D eigenvalue weighted by atomic mass is 32.1. The average molecular weight is 304 g/mol. The molecule has 0 aromatic rings. The van der Waals surface area contributed by atoms with E-state index in [0.717, 1.165) is 44.5 Å². The average Bonchev–Trinajstić information content (AvgIpc) is 2.44. The number of hydrogen-bond acceptors (Lipinski definition) is 5. The zero-order valence-corrected chi connectivity index (χ0v) is 13.5. The predicted molar refractivity (Wildman–Crippen MR) is 84.7 cm³/mol. The number of rotatable bonds is 15. The number of allylic oxidation sites excluding steroid dienone is 2. The molecule has 0 aromatic carbocycles. The summed E-state index contributed by atoms with van der Waals surface area (Å²) >= 11 is 3.68. The second-order valence-corrected chi connectivity index (χ2v) is 4.63. The summed E-state index contributed by atoms with van der Waals surface area (Å²) in [5.74, 6) is 1.53. The van der Waals surface area contributed by atoms with E-state index in [2.05, 4.69) is 37.2 Å². The van der Waals surface area contributed by atoms with Crippen molar-refractivity contribution in [1.29, 1.82) is 0 Å². The molecule has 0 aliphatic carbocycles. The summed E-state index contributed by atoms with van der Waals surface area (Å²) in [6.07, 6.45) is 4.76. The highest BCUT2D eigenvalue weighted by Crippen LogP contribution is 2.07. The van der Waals surface area contributed by atoms with E-state index in [1.54, 1.807) is 0 Å². The van der Waals surface area contributed by atoms with E-state index in [0.29, 0.717) is 32.2 Å². The lowest BCUT2D eigenvalue weighted by atomic mass is 10.2. The Morgan fingerprint density at radius 3 is 2.15 bits per heavy atom. The van der Waals surface area contributed by atoms with Gasteiger partial charge in [0.1, 0.15) is 12.4 Å². The van der Waals surface area contributed by atoms with Gasteiger partial charge in [-0.1, -0.05) is 20.1 Å². The molecule has 0 radical (unpaired) electrons. The van der Waals surface area contributed by atoms with Crippen LogP contribution in [0.3, 0.4) is 0 Å². The number of thiol groups is 1. The number of ether oxygens (including phenoxy) is 3. The molecule has 0 aliphatic rings. The van der Waals surface area contributed by atoms with Crippen LogP contribution < -0.4 is 0 Å². The van der Waals surface area contributed by atoms with Gasteiger partial charge in [-0.15, -0.1) is 0 Å². The summed E-state index contributed by atoms with van der Waals surface area (Å²) in [4.78, 5) is 0. The van der Waals surface area contributed by atoms with Gasteiger partial charge in [-0.25, -0.2) is 0 Å². The first-order valence-corrected chi connectivity index (χ1v) is 7.52. The van der Waals surface area contributed by atoms with Gasteiger partial charge in [0.2, 0.25) is 0 Å². The minimum absolute atomic E-state index is 0.560. The third-order valence-corrected chi connectivity index (χ3v) is 2.82. The third kappa shape index (κ3) is 13.8. The highest BCUT2D eigenvalue weighted by Gasteiger charge is 1.96. The van der Waals surface area contributed by atoms with Gasteiger partial charge >= 0.3 is 0 Å². The molecule has 118 valence electrons. The molecular formula is C15H28O4S. The lowest BCUT2D eigenvalue weighted by molar-refractivity contribution is 0.0255. The van der Waals surface area contributed by atoms with Crippen LogP contribution in [0.15, 0.2) is 24.7 Å². The molecule has 20 heavy (non-hydrogen) atoms. The maximum atomic E-state index is 5.44. The van der Waals surface area contributed by atoms with E-state index in [1.165, 1.54) is 0 Å². The fourth-order valence-corrected chi connectivity index (χ4v) is 1.58. The van der Waals surface area contributed by atoms with E-state index in [9.17, 15) is 0 Å². The first-order valence-electron chi connectivity index (χ1n) is 7.16. The van der Waals surface area contributed by atoms with Crippen molar-refractivity contribution in [2.75, 3.05) is 33.0 Å². The summed E-state index contributed by atoms with van der Waals surface area (Å²) in [5.41, 5.74) is 0. The van der Waals surface area contributed by atoms with Crippen LogP contribution in [0.25, 0.3) is 0 Å². The normalized spacial score (nSPS) is 10.3. The molecule has 0 unspecified atom stereocenters. The van der Waals surface area contributed by atoms with Crippen molar-refractivity contribution >= 4 is 12.9 Å². The molecule has 0 spiro atoms. The van der Waals surface area contributed by atoms with Crippen LogP contribution in [-0.4, -0.2) is 33.0 Å². The molecule has 0 heterocycles. The quantitative estimate of drug-likeness (QED) is 0.215. The lowest BCUT2D eigenvalue weighted by Crippen LogP contribution is -2.09. The highest BCUT2D eigenvalue weighted by molar-refractivity contribution is 7.75. The van der Waals surface area contributed by atoms with Crippen molar-refractivity contribution in [2.24, 2.45) is 0 Å². The molecule has 0 saturated carbocycles.